The third-order valence-electron chi connectivity index (χ3n) is 4.85. The average Bonchev–Trinajstić information content (AvgIpc) is 3.43. The number of ketones is 1. The average molecular weight is 414 g/mol. The number of nitrogens with zero attached hydrogens (tertiary/aromatic N) is 3. The van der Waals surface area contributed by atoms with Crippen molar-refractivity contribution in [2.45, 2.75) is 12.8 Å². The van der Waals surface area contributed by atoms with Gasteiger partial charge < -0.3 is 19.5 Å². The first-order valence-electron chi connectivity index (χ1n) is 9.41. The number of esters is 1. The van der Waals surface area contributed by atoms with Crippen LogP contribution in [0.2, 0.25) is 0 Å². The van der Waals surface area contributed by atoms with Crippen LogP contribution in [0.15, 0.2) is 30.5 Å². The van der Waals surface area contributed by atoms with Gasteiger partial charge in [0.05, 0.1) is 10.5 Å². The second-order valence-corrected chi connectivity index (χ2v) is 7.16. The molecule has 0 aliphatic carbocycles. The van der Waals surface area contributed by atoms with Crippen LogP contribution < -0.4 is 4.90 Å². The fourth-order valence-electron chi connectivity index (χ4n) is 3.24. The minimum absolute atomic E-state index is 0.0286. The van der Waals surface area contributed by atoms with E-state index in [-0.39, 0.29) is 22.7 Å². The van der Waals surface area contributed by atoms with Crippen molar-refractivity contribution in [2.24, 2.45) is 0 Å². The Morgan fingerprint density at radius 1 is 1.17 bits per heavy atom. The number of carbonyl (C=O) groups is 3. The van der Waals surface area contributed by atoms with E-state index < -0.39 is 23.3 Å². The van der Waals surface area contributed by atoms with Crippen LogP contribution in [-0.2, 0) is 4.74 Å². The molecule has 0 spiro atoms. The summed E-state index contributed by atoms with van der Waals surface area (Å²) in [5.41, 5.74) is 0.603. The van der Waals surface area contributed by atoms with E-state index in [0.29, 0.717) is 24.5 Å². The van der Waals surface area contributed by atoms with Crippen LogP contribution in [0.4, 0.5) is 11.4 Å². The first kappa shape index (κ1) is 21.0. The van der Waals surface area contributed by atoms with E-state index in [2.05, 4.69) is 4.98 Å². The number of Topliss-reactive ketones (excluding diaryl/α,β-unsaturated/α-hetero) is 1. The topological polar surface area (TPSA) is 126 Å². The lowest BCUT2D eigenvalue weighted by molar-refractivity contribution is -0.384. The van der Waals surface area contributed by atoms with E-state index in [0.717, 1.165) is 18.9 Å². The van der Waals surface area contributed by atoms with Gasteiger partial charge in [0.25, 0.3) is 11.6 Å². The van der Waals surface area contributed by atoms with Crippen LogP contribution in [0, 0.1) is 10.1 Å². The summed E-state index contributed by atoms with van der Waals surface area (Å²) >= 11 is 0. The molecule has 1 aromatic heterocycles. The number of likely N-dealkylation sites (tertiary alicyclic amines) is 1. The summed E-state index contributed by atoms with van der Waals surface area (Å²) in [4.78, 5) is 53.6. The van der Waals surface area contributed by atoms with Crippen molar-refractivity contribution in [2.75, 3.05) is 38.7 Å². The predicted octanol–water partition coefficient (Wildman–Crippen LogP) is 2.26. The first-order valence-corrected chi connectivity index (χ1v) is 9.41. The number of ether oxygens (including phenoxy) is 1. The molecular formula is C20H22N4O6. The number of aromatic amines is 1. The SMILES string of the molecule is CN(C)c1ccc(C(=O)OCC(=O)c2c[nH]c(C(=O)N3CCCC3)c2)cc1[N+](=O)[O-]. The summed E-state index contributed by atoms with van der Waals surface area (Å²) in [6.07, 6.45) is 3.32. The zero-order valence-electron chi connectivity index (χ0n) is 16.7. The van der Waals surface area contributed by atoms with Crippen molar-refractivity contribution in [3.63, 3.8) is 0 Å². The Morgan fingerprint density at radius 2 is 1.87 bits per heavy atom. The first-order chi connectivity index (χ1) is 14.3. The molecule has 0 atom stereocenters. The Morgan fingerprint density at radius 3 is 2.50 bits per heavy atom. The molecule has 1 aliphatic heterocycles. The maximum absolute atomic E-state index is 12.3. The molecule has 0 unspecified atom stereocenters. The van der Waals surface area contributed by atoms with E-state index in [4.69, 9.17) is 4.74 Å². The van der Waals surface area contributed by atoms with Crippen LogP contribution >= 0.6 is 0 Å². The molecule has 1 saturated heterocycles. The molecule has 1 aromatic carbocycles. The lowest BCUT2D eigenvalue weighted by atomic mass is 10.1. The van der Waals surface area contributed by atoms with Crippen molar-refractivity contribution in [1.82, 2.24) is 9.88 Å². The Hall–Kier alpha value is -3.69. The predicted molar refractivity (Wildman–Crippen MR) is 108 cm³/mol. The largest absolute Gasteiger partial charge is 0.454 e. The third kappa shape index (κ3) is 4.48. The van der Waals surface area contributed by atoms with Crippen LogP contribution in [-0.4, -0.2) is 66.3 Å². The highest BCUT2D eigenvalue weighted by molar-refractivity contribution is 6.02. The minimum atomic E-state index is -0.847. The number of nitro groups is 1. The van der Waals surface area contributed by atoms with Gasteiger partial charge in [-0.2, -0.15) is 0 Å². The monoisotopic (exact) mass is 414 g/mol. The van der Waals surface area contributed by atoms with Gasteiger partial charge in [0.1, 0.15) is 11.4 Å². The number of benzene rings is 1. The number of hydrogen-bond acceptors (Lipinski definition) is 7. The fourth-order valence-corrected chi connectivity index (χ4v) is 3.24. The number of nitrogens with one attached hydrogen (secondary N) is 1. The fraction of sp³-hybridized carbons (Fsp3) is 0.350. The van der Waals surface area contributed by atoms with Gasteiger partial charge in [-0.05, 0) is 31.0 Å². The number of H-pyrrole nitrogens is 1. The van der Waals surface area contributed by atoms with Crippen LogP contribution in [0.3, 0.4) is 0 Å². The van der Waals surface area contributed by atoms with E-state index in [1.54, 1.807) is 23.9 Å². The number of amides is 1. The number of anilines is 1. The maximum atomic E-state index is 12.3. The molecule has 30 heavy (non-hydrogen) atoms. The molecule has 10 nitrogen and oxygen atoms in total. The van der Waals surface area contributed by atoms with Crippen LogP contribution in [0.5, 0.6) is 0 Å². The Labute approximate surface area is 172 Å². The van der Waals surface area contributed by atoms with Gasteiger partial charge in [0.2, 0.25) is 5.78 Å². The Bertz CT molecular complexity index is 991. The molecule has 2 heterocycles. The van der Waals surface area contributed by atoms with Crippen molar-refractivity contribution >= 4 is 29.0 Å². The Balaban J connectivity index is 1.63. The molecule has 0 saturated carbocycles. The maximum Gasteiger partial charge on any atom is 0.338 e. The van der Waals surface area contributed by atoms with Crippen molar-refractivity contribution < 1.29 is 24.0 Å². The molecule has 0 radical (unpaired) electrons. The number of carbonyl (C=O) groups excluding carboxylic acids is 3. The molecule has 0 bridgehead atoms. The summed E-state index contributed by atoms with van der Waals surface area (Å²) < 4.78 is 5.01. The lowest BCUT2D eigenvalue weighted by Crippen LogP contribution is -2.27. The molecule has 1 fully saturated rings. The normalized spacial score (nSPS) is 13.2. The molecular weight excluding hydrogens is 392 g/mol. The number of hydrogen-bond donors (Lipinski definition) is 1. The van der Waals surface area contributed by atoms with Crippen LogP contribution in [0.25, 0.3) is 0 Å². The lowest BCUT2D eigenvalue weighted by Gasteiger charge is -2.13. The number of aromatic nitrogens is 1. The molecule has 1 aliphatic rings. The van der Waals surface area contributed by atoms with Gasteiger partial charge in [-0.3, -0.25) is 19.7 Å². The van der Waals surface area contributed by atoms with E-state index in [1.165, 1.54) is 24.4 Å². The molecule has 1 N–H and O–H groups in total. The number of rotatable bonds is 7. The van der Waals surface area contributed by atoms with Crippen molar-refractivity contribution in [3.05, 3.63) is 57.4 Å². The highest BCUT2D eigenvalue weighted by Gasteiger charge is 2.23. The van der Waals surface area contributed by atoms with E-state index in [1.807, 2.05) is 0 Å². The van der Waals surface area contributed by atoms with Gasteiger partial charge in [-0.15, -0.1) is 0 Å². The summed E-state index contributed by atoms with van der Waals surface area (Å²) in [6, 6.07) is 5.40. The van der Waals surface area contributed by atoms with Gasteiger partial charge in [-0.25, -0.2) is 4.79 Å². The molecule has 2 aromatic rings. The second-order valence-electron chi connectivity index (χ2n) is 7.16. The summed E-state index contributed by atoms with van der Waals surface area (Å²) in [6.45, 7) is 0.840. The van der Waals surface area contributed by atoms with Gasteiger partial charge in [-0.1, -0.05) is 0 Å². The highest BCUT2D eigenvalue weighted by atomic mass is 16.6. The summed E-state index contributed by atoms with van der Waals surface area (Å²) in [7, 11) is 3.30. The van der Waals surface area contributed by atoms with Gasteiger partial charge in [0.15, 0.2) is 6.61 Å². The van der Waals surface area contributed by atoms with Crippen molar-refractivity contribution in [1.29, 1.82) is 0 Å². The second kappa shape index (κ2) is 8.76. The molecule has 3 rings (SSSR count). The molecule has 1 amide bonds. The van der Waals surface area contributed by atoms with E-state index >= 15 is 0 Å². The third-order valence-corrected chi connectivity index (χ3v) is 4.85. The summed E-state index contributed by atoms with van der Waals surface area (Å²) in [5.74, 6) is -1.50. The minimum Gasteiger partial charge on any atom is -0.454 e. The number of nitro benzene ring substituents is 1. The zero-order chi connectivity index (χ0) is 21.8. The standard InChI is InChI=1S/C20H22N4O6/c1-22(2)16-6-5-13(10-17(16)24(28)29)20(27)30-12-18(25)14-9-15(21-11-14)19(26)23-7-3-4-8-23/h5-6,9-11,21H,3-4,7-8,12H2,1-2H3. The van der Waals surface area contributed by atoms with Gasteiger partial charge in [0, 0.05) is 45.0 Å². The smallest absolute Gasteiger partial charge is 0.338 e. The molecule has 158 valence electrons. The highest BCUT2D eigenvalue weighted by Crippen LogP contribution is 2.28. The van der Waals surface area contributed by atoms with Gasteiger partial charge >= 0.3 is 5.97 Å². The Kier molecular flexibility index (Phi) is 6.14. The zero-order valence-corrected chi connectivity index (χ0v) is 16.7. The van der Waals surface area contributed by atoms with E-state index in [9.17, 15) is 24.5 Å². The molecule has 10 heteroatoms. The van der Waals surface area contributed by atoms with Crippen LogP contribution in [0.1, 0.15) is 44.0 Å². The van der Waals surface area contributed by atoms with Crippen molar-refractivity contribution in [3.8, 4) is 0 Å². The summed E-state index contributed by atoms with van der Waals surface area (Å²) in [5, 5.41) is 11.2. The quantitative estimate of drug-likeness (QED) is 0.319.